The smallest absolute Gasteiger partial charge is 0.419 e. The minimum Gasteiger partial charge on any atom is -0.496 e. The number of methoxy groups -OCH3 is 1. The molecule has 3 aromatic rings. The van der Waals surface area contributed by atoms with Crippen molar-refractivity contribution < 1.29 is 37.0 Å². The first-order chi connectivity index (χ1) is 22.1. The van der Waals surface area contributed by atoms with E-state index in [-0.39, 0.29) is 30.2 Å². The number of aromatic nitrogens is 1. The first kappa shape index (κ1) is 35.9. The number of amides is 2. The Balaban J connectivity index is 1.62. The van der Waals surface area contributed by atoms with Gasteiger partial charge in [-0.05, 0) is 82.9 Å². The van der Waals surface area contributed by atoms with Crippen LogP contribution in [0.4, 0.5) is 4.79 Å². The van der Waals surface area contributed by atoms with Gasteiger partial charge < -0.3 is 19.5 Å². The summed E-state index contributed by atoms with van der Waals surface area (Å²) in [5.74, 6) is -0.791. The normalized spacial score (nSPS) is 17.3. The Morgan fingerprint density at radius 1 is 1.09 bits per heavy atom. The van der Waals surface area contributed by atoms with E-state index < -0.39 is 33.4 Å². The molecule has 2 atom stereocenters. The summed E-state index contributed by atoms with van der Waals surface area (Å²) in [6.45, 7) is 12.5. The van der Waals surface area contributed by atoms with Crippen LogP contribution < -0.4 is 14.8 Å². The van der Waals surface area contributed by atoms with Gasteiger partial charge in [0.2, 0.25) is 15.9 Å². The largest absolute Gasteiger partial charge is 0.496 e. The maximum atomic E-state index is 13.1. The molecule has 2 amide bonds. The highest BCUT2D eigenvalue weighted by atomic mass is 32.2. The summed E-state index contributed by atoms with van der Waals surface area (Å²) >= 11 is 0. The van der Waals surface area contributed by atoms with Crippen molar-refractivity contribution >= 4 is 38.8 Å². The first-order valence-electron chi connectivity index (χ1n) is 15.8. The Bertz CT molecular complexity index is 1710. The molecule has 0 saturated carbocycles. The summed E-state index contributed by atoms with van der Waals surface area (Å²) in [4.78, 5) is 39.3. The van der Waals surface area contributed by atoms with Gasteiger partial charge >= 0.3 is 6.09 Å². The lowest BCUT2D eigenvalue weighted by molar-refractivity contribution is -0.118. The molecule has 2 N–H and O–H groups in total. The van der Waals surface area contributed by atoms with E-state index in [9.17, 15) is 22.8 Å². The molecule has 1 saturated heterocycles. The van der Waals surface area contributed by atoms with Gasteiger partial charge in [-0.15, -0.1) is 0 Å². The maximum Gasteiger partial charge on any atom is 0.419 e. The lowest BCUT2D eigenvalue weighted by Gasteiger charge is -2.40. The van der Waals surface area contributed by atoms with E-state index in [1.165, 1.54) is 6.92 Å². The molecular formula is C34H46N4O8S. The predicted octanol–water partition coefficient (Wildman–Crippen LogP) is 4.68. The number of ether oxygens (including phenoxy) is 3. The number of likely N-dealkylation sites (tertiary alicyclic amines) is 1. The van der Waals surface area contributed by atoms with Gasteiger partial charge in [-0.3, -0.25) is 19.1 Å². The van der Waals surface area contributed by atoms with E-state index in [0.717, 1.165) is 40.6 Å². The summed E-state index contributed by atoms with van der Waals surface area (Å²) < 4.78 is 45.9. The van der Waals surface area contributed by atoms with Crippen LogP contribution in [0.1, 0.15) is 80.6 Å². The van der Waals surface area contributed by atoms with Crippen molar-refractivity contribution in [3.05, 3.63) is 64.8 Å². The fourth-order valence-electron chi connectivity index (χ4n) is 5.95. The number of fused-ring (bicyclic) bond motifs is 1. The van der Waals surface area contributed by atoms with Crippen LogP contribution >= 0.6 is 0 Å². The minimum atomic E-state index is -3.93. The van der Waals surface area contributed by atoms with E-state index in [2.05, 4.69) is 14.9 Å². The molecule has 0 bridgehead atoms. The quantitative estimate of drug-likeness (QED) is 0.297. The van der Waals surface area contributed by atoms with E-state index in [0.29, 0.717) is 25.3 Å². The number of rotatable bonds is 11. The molecular weight excluding hydrogens is 624 g/mol. The van der Waals surface area contributed by atoms with Crippen LogP contribution in [-0.4, -0.2) is 80.1 Å². The van der Waals surface area contributed by atoms with Crippen molar-refractivity contribution in [1.29, 1.82) is 0 Å². The fourth-order valence-corrected chi connectivity index (χ4v) is 6.82. The van der Waals surface area contributed by atoms with Crippen LogP contribution in [-0.2, 0) is 30.8 Å². The molecule has 2 aromatic carbocycles. The highest BCUT2D eigenvalue weighted by Gasteiger charge is 2.32. The number of sulfonamides is 1. The Morgan fingerprint density at radius 3 is 2.40 bits per heavy atom. The van der Waals surface area contributed by atoms with Gasteiger partial charge in [0.25, 0.3) is 5.91 Å². The molecule has 0 aliphatic carbocycles. The Labute approximate surface area is 276 Å². The van der Waals surface area contributed by atoms with Gasteiger partial charge in [-0.2, -0.15) is 0 Å². The second-order valence-corrected chi connectivity index (χ2v) is 14.6. The van der Waals surface area contributed by atoms with Crippen molar-refractivity contribution in [3.63, 3.8) is 0 Å². The molecule has 256 valence electrons. The molecule has 1 fully saturated rings. The second-order valence-electron chi connectivity index (χ2n) is 12.7. The molecule has 0 radical (unpaired) electrons. The monoisotopic (exact) mass is 670 g/mol. The van der Waals surface area contributed by atoms with Crippen molar-refractivity contribution in [2.24, 2.45) is 0 Å². The highest BCUT2D eigenvalue weighted by Crippen LogP contribution is 2.38. The number of hydrogen-bond donors (Lipinski definition) is 2. The third-order valence-electron chi connectivity index (χ3n) is 8.02. The molecule has 0 spiro atoms. The van der Waals surface area contributed by atoms with Crippen LogP contribution in [0.5, 0.6) is 5.75 Å². The SMILES string of the molecule is CCO[C@H]1CCN(Cc2c(OC)cc(C)c3c2ccn3C(=O)OC(C)(C)C)[C@H](c2ccc(C(=O)NS(=O)(=O)CCNC(C)=O)cc2)C1. The number of carbonyl (C=O) groups is 3. The minimum absolute atomic E-state index is 0.0474. The van der Waals surface area contributed by atoms with E-state index in [1.54, 1.807) is 30.0 Å². The lowest BCUT2D eigenvalue weighted by Crippen LogP contribution is -2.39. The van der Waals surface area contributed by atoms with Crippen molar-refractivity contribution in [1.82, 2.24) is 19.5 Å². The summed E-state index contributed by atoms with van der Waals surface area (Å²) in [5, 5.41) is 3.31. The lowest BCUT2D eigenvalue weighted by atomic mass is 9.91. The Hall–Kier alpha value is -3.94. The molecule has 1 aromatic heterocycles. The summed E-state index contributed by atoms with van der Waals surface area (Å²) in [6.07, 6.45) is 2.87. The molecule has 4 rings (SSSR count). The number of benzene rings is 2. The van der Waals surface area contributed by atoms with Crippen LogP contribution in [0.15, 0.2) is 42.6 Å². The topological polar surface area (TPSA) is 145 Å². The number of nitrogens with zero attached hydrogens (tertiary/aromatic N) is 2. The third-order valence-corrected chi connectivity index (χ3v) is 9.26. The van der Waals surface area contributed by atoms with Crippen molar-refractivity contribution in [2.45, 2.75) is 78.7 Å². The van der Waals surface area contributed by atoms with Gasteiger partial charge in [0, 0.05) is 61.9 Å². The maximum absolute atomic E-state index is 13.1. The van der Waals surface area contributed by atoms with Crippen LogP contribution in [0.25, 0.3) is 10.9 Å². The Kier molecular flexibility index (Phi) is 11.4. The molecule has 2 heterocycles. The van der Waals surface area contributed by atoms with Crippen LogP contribution in [0.3, 0.4) is 0 Å². The fraction of sp³-hybridized carbons (Fsp3) is 0.500. The highest BCUT2D eigenvalue weighted by molar-refractivity contribution is 7.90. The number of piperidine rings is 1. The predicted molar refractivity (Wildman–Crippen MR) is 179 cm³/mol. The van der Waals surface area contributed by atoms with Gasteiger partial charge in [0.1, 0.15) is 11.4 Å². The first-order valence-corrected chi connectivity index (χ1v) is 17.4. The third kappa shape index (κ3) is 9.11. The number of nitrogens with one attached hydrogen (secondary N) is 2. The molecule has 12 nitrogen and oxygen atoms in total. The molecule has 1 aliphatic heterocycles. The zero-order valence-electron chi connectivity index (χ0n) is 28.2. The zero-order chi connectivity index (χ0) is 34.5. The Morgan fingerprint density at radius 2 is 1.79 bits per heavy atom. The summed E-state index contributed by atoms with van der Waals surface area (Å²) in [6, 6.07) is 10.7. The van der Waals surface area contributed by atoms with Gasteiger partial charge in [-0.25, -0.2) is 17.9 Å². The molecule has 13 heteroatoms. The van der Waals surface area contributed by atoms with Crippen molar-refractivity contribution in [2.75, 3.05) is 32.6 Å². The molecule has 0 unspecified atom stereocenters. The van der Waals surface area contributed by atoms with Crippen molar-refractivity contribution in [3.8, 4) is 5.75 Å². The number of aryl methyl sites for hydroxylation is 1. The zero-order valence-corrected chi connectivity index (χ0v) is 29.0. The summed E-state index contributed by atoms with van der Waals surface area (Å²) in [5.41, 5.74) is 3.09. The summed E-state index contributed by atoms with van der Waals surface area (Å²) in [7, 11) is -2.30. The van der Waals surface area contributed by atoms with Gasteiger partial charge in [-0.1, -0.05) is 12.1 Å². The van der Waals surface area contributed by atoms with Gasteiger partial charge in [0.05, 0.1) is 24.5 Å². The van der Waals surface area contributed by atoms with Crippen LogP contribution in [0.2, 0.25) is 0 Å². The standard InChI is InChI=1S/C34H46N4O8S/c1-8-45-26-13-16-37(21-28-27-14-17-38(33(41)46-34(4,5)6)31(27)22(2)19-30(28)44-7)29(20-26)24-9-11-25(12-10-24)32(40)36-47(42,43)18-15-35-23(3)39/h9-12,14,17,19,26,29H,8,13,15-16,18,20-21H2,1-7H3,(H,35,39)(H,36,40)/t26-,29-/m0/s1. The van der Waals surface area contributed by atoms with E-state index in [1.807, 2.05) is 58.9 Å². The average molecular weight is 671 g/mol. The van der Waals surface area contributed by atoms with E-state index >= 15 is 0 Å². The van der Waals surface area contributed by atoms with Gasteiger partial charge in [0.15, 0.2) is 0 Å². The number of carbonyl (C=O) groups excluding carboxylic acids is 3. The average Bonchev–Trinajstić information content (AvgIpc) is 3.44. The number of hydrogen-bond acceptors (Lipinski definition) is 9. The molecule has 1 aliphatic rings. The second kappa shape index (κ2) is 14.9. The van der Waals surface area contributed by atoms with Crippen LogP contribution in [0, 0.1) is 6.92 Å². The molecule has 47 heavy (non-hydrogen) atoms. The van der Waals surface area contributed by atoms with E-state index in [4.69, 9.17) is 14.2 Å².